The number of benzene rings is 1. The number of halogens is 1. The van der Waals surface area contributed by atoms with Crippen LogP contribution in [0.15, 0.2) is 18.2 Å². The highest BCUT2D eigenvalue weighted by Crippen LogP contribution is 2.37. The molecule has 0 aliphatic heterocycles. The number of pyridine rings is 1. The largest absolute Gasteiger partial charge is 0.492 e. The van der Waals surface area contributed by atoms with Crippen molar-refractivity contribution in [2.45, 2.75) is 38.5 Å². The molecule has 1 aliphatic rings. The second kappa shape index (κ2) is 7.50. The van der Waals surface area contributed by atoms with Crippen molar-refractivity contribution in [3.05, 3.63) is 34.5 Å². The van der Waals surface area contributed by atoms with Crippen molar-refractivity contribution in [3.63, 3.8) is 0 Å². The zero-order valence-corrected chi connectivity index (χ0v) is 14.8. The highest BCUT2D eigenvalue weighted by Gasteiger charge is 2.19. The van der Waals surface area contributed by atoms with Gasteiger partial charge in [-0.3, -0.25) is 4.98 Å². The van der Waals surface area contributed by atoms with Gasteiger partial charge in [-0.1, -0.05) is 24.1 Å². The van der Waals surface area contributed by atoms with E-state index in [4.69, 9.17) is 21.3 Å². The highest BCUT2D eigenvalue weighted by atomic mass is 35.5. The van der Waals surface area contributed by atoms with Crippen LogP contribution >= 0.6 is 11.6 Å². The lowest BCUT2D eigenvalue weighted by Gasteiger charge is -2.17. The highest BCUT2D eigenvalue weighted by molar-refractivity contribution is 6.35. The Hall–Kier alpha value is -1.32. The average Bonchev–Trinajstić information content (AvgIpc) is 2.76. The van der Waals surface area contributed by atoms with Crippen molar-refractivity contribution < 1.29 is 4.74 Å². The van der Waals surface area contributed by atoms with E-state index in [2.05, 4.69) is 25.1 Å². The van der Waals surface area contributed by atoms with Gasteiger partial charge in [0, 0.05) is 23.2 Å². The number of rotatable bonds is 5. The molecule has 3 nitrogen and oxygen atoms in total. The Morgan fingerprint density at radius 1 is 1.17 bits per heavy atom. The predicted molar refractivity (Wildman–Crippen MR) is 96.7 cm³/mol. The van der Waals surface area contributed by atoms with Crippen molar-refractivity contribution in [3.8, 4) is 5.75 Å². The zero-order valence-electron chi connectivity index (χ0n) is 14.1. The zero-order chi connectivity index (χ0) is 16.2. The van der Waals surface area contributed by atoms with E-state index in [9.17, 15) is 0 Å². The number of nitrogens with zero attached hydrogens (tertiary/aromatic N) is 2. The number of fused-ring (bicyclic) bond motifs is 2. The van der Waals surface area contributed by atoms with E-state index in [0.717, 1.165) is 49.1 Å². The Morgan fingerprint density at radius 2 is 2.00 bits per heavy atom. The van der Waals surface area contributed by atoms with Gasteiger partial charge < -0.3 is 9.64 Å². The molecule has 0 N–H and O–H groups in total. The summed E-state index contributed by atoms with van der Waals surface area (Å²) >= 11 is 6.39. The second-order valence-electron chi connectivity index (χ2n) is 6.57. The first-order valence-electron chi connectivity index (χ1n) is 8.54. The third kappa shape index (κ3) is 3.78. The molecule has 0 amide bonds. The number of hydrogen-bond donors (Lipinski definition) is 0. The van der Waals surface area contributed by atoms with E-state index in [1.54, 1.807) is 0 Å². The number of para-hydroxylation sites is 1. The quantitative estimate of drug-likeness (QED) is 0.596. The van der Waals surface area contributed by atoms with Gasteiger partial charge in [0.2, 0.25) is 0 Å². The van der Waals surface area contributed by atoms with Crippen molar-refractivity contribution in [1.29, 1.82) is 0 Å². The lowest BCUT2D eigenvalue weighted by molar-refractivity contribution is 0.281. The predicted octanol–water partition coefficient (Wildman–Crippen LogP) is 4.49. The summed E-state index contributed by atoms with van der Waals surface area (Å²) in [5, 5.41) is 1.77. The molecule has 0 spiro atoms. The summed E-state index contributed by atoms with van der Waals surface area (Å²) in [5.74, 6) is 1.02. The Balaban J connectivity index is 1.98. The van der Waals surface area contributed by atoms with Gasteiger partial charge in [0.1, 0.15) is 5.75 Å². The van der Waals surface area contributed by atoms with E-state index < -0.39 is 0 Å². The fraction of sp³-hybridized carbons (Fsp3) is 0.526. The molecular weight excluding hydrogens is 308 g/mol. The minimum absolute atomic E-state index is 0.715. The third-order valence-electron chi connectivity index (χ3n) is 4.44. The second-order valence-corrected chi connectivity index (χ2v) is 6.98. The summed E-state index contributed by atoms with van der Waals surface area (Å²) in [6, 6.07) is 5.98. The van der Waals surface area contributed by atoms with Crippen molar-refractivity contribution in [1.82, 2.24) is 9.88 Å². The molecule has 0 fully saturated rings. The number of hydrogen-bond acceptors (Lipinski definition) is 3. The molecule has 124 valence electrons. The maximum atomic E-state index is 6.39. The van der Waals surface area contributed by atoms with Crippen LogP contribution in [0.25, 0.3) is 10.9 Å². The summed E-state index contributed by atoms with van der Waals surface area (Å²) in [6.45, 7) is 1.77. The van der Waals surface area contributed by atoms with Crippen LogP contribution in [0.2, 0.25) is 5.02 Å². The molecule has 4 heteroatoms. The molecule has 1 aromatic heterocycles. The summed E-state index contributed by atoms with van der Waals surface area (Å²) in [6.07, 6.45) is 6.80. The third-order valence-corrected chi connectivity index (χ3v) is 4.74. The minimum Gasteiger partial charge on any atom is -0.492 e. The molecule has 0 atom stereocenters. The van der Waals surface area contributed by atoms with Crippen LogP contribution in [-0.4, -0.2) is 37.1 Å². The van der Waals surface area contributed by atoms with Crippen LogP contribution in [0.3, 0.4) is 0 Å². The number of aromatic nitrogens is 1. The van der Waals surface area contributed by atoms with Gasteiger partial charge in [-0.05, 0) is 58.3 Å². The first kappa shape index (κ1) is 16.5. The van der Waals surface area contributed by atoms with Crippen LogP contribution in [0.1, 0.15) is 36.9 Å². The van der Waals surface area contributed by atoms with E-state index in [1.165, 1.54) is 30.5 Å². The van der Waals surface area contributed by atoms with E-state index >= 15 is 0 Å². The Morgan fingerprint density at radius 3 is 2.83 bits per heavy atom. The molecular formula is C19H25ClN2O. The summed E-state index contributed by atoms with van der Waals surface area (Å²) in [4.78, 5) is 7.06. The molecule has 1 heterocycles. The molecule has 2 aromatic rings. The molecule has 0 saturated carbocycles. The van der Waals surface area contributed by atoms with Crippen molar-refractivity contribution >= 4 is 22.5 Å². The van der Waals surface area contributed by atoms with Crippen LogP contribution in [-0.2, 0) is 12.8 Å². The molecule has 3 rings (SSSR count). The molecule has 0 bridgehead atoms. The van der Waals surface area contributed by atoms with Gasteiger partial charge in [-0.25, -0.2) is 0 Å². The summed E-state index contributed by atoms with van der Waals surface area (Å²) < 4.78 is 6.25. The monoisotopic (exact) mass is 332 g/mol. The molecule has 1 aromatic carbocycles. The summed E-state index contributed by atoms with van der Waals surface area (Å²) in [7, 11) is 4.18. The molecule has 0 unspecified atom stereocenters. The van der Waals surface area contributed by atoms with Gasteiger partial charge in [0.05, 0.1) is 17.1 Å². The fourth-order valence-electron chi connectivity index (χ4n) is 3.26. The normalized spacial score (nSPS) is 14.8. The number of ether oxygens (including phenoxy) is 1. The summed E-state index contributed by atoms with van der Waals surface area (Å²) in [5.41, 5.74) is 3.38. The van der Waals surface area contributed by atoms with Crippen molar-refractivity contribution in [2.75, 3.05) is 27.2 Å². The Kier molecular flexibility index (Phi) is 5.39. The van der Waals surface area contributed by atoms with Gasteiger partial charge >= 0.3 is 0 Å². The van der Waals surface area contributed by atoms with Gasteiger partial charge in [-0.15, -0.1) is 0 Å². The van der Waals surface area contributed by atoms with Gasteiger partial charge in [0.15, 0.2) is 0 Å². The standard InChI is InChI=1S/C19H25ClN2O/c1-22(2)12-7-13-23-19-14-8-4-3-5-11-17(14)21-18-15(19)9-6-10-16(18)20/h6,9-10H,3-5,7-8,11-13H2,1-2H3. The number of aryl methyl sites for hydroxylation is 1. The first-order chi connectivity index (χ1) is 11.2. The minimum atomic E-state index is 0.715. The van der Waals surface area contributed by atoms with Crippen LogP contribution in [0.5, 0.6) is 5.75 Å². The fourth-order valence-corrected chi connectivity index (χ4v) is 3.48. The van der Waals surface area contributed by atoms with E-state index in [1.807, 2.05) is 12.1 Å². The van der Waals surface area contributed by atoms with Crippen molar-refractivity contribution in [2.24, 2.45) is 0 Å². The van der Waals surface area contributed by atoms with Crippen LogP contribution in [0, 0.1) is 0 Å². The molecule has 23 heavy (non-hydrogen) atoms. The van der Waals surface area contributed by atoms with Crippen LogP contribution in [0.4, 0.5) is 0 Å². The van der Waals surface area contributed by atoms with Gasteiger partial charge in [0.25, 0.3) is 0 Å². The molecule has 0 saturated heterocycles. The molecule has 1 aliphatic carbocycles. The Labute approximate surface area is 143 Å². The average molecular weight is 333 g/mol. The van der Waals surface area contributed by atoms with Gasteiger partial charge in [-0.2, -0.15) is 0 Å². The lowest BCUT2D eigenvalue weighted by Crippen LogP contribution is -2.16. The van der Waals surface area contributed by atoms with E-state index in [0.29, 0.717) is 5.02 Å². The first-order valence-corrected chi connectivity index (χ1v) is 8.92. The lowest BCUT2D eigenvalue weighted by atomic mass is 10.0. The SMILES string of the molecule is CN(C)CCCOc1c2c(nc3c(Cl)cccc13)CCCCC2. The van der Waals surface area contributed by atoms with Crippen LogP contribution < -0.4 is 4.74 Å². The van der Waals surface area contributed by atoms with E-state index in [-0.39, 0.29) is 0 Å². The smallest absolute Gasteiger partial charge is 0.133 e. The topological polar surface area (TPSA) is 25.4 Å². The maximum absolute atomic E-state index is 6.39. The molecule has 0 radical (unpaired) electrons. The maximum Gasteiger partial charge on any atom is 0.133 e. The Bertz CT molecular complexity index is 685.